The number of aliphatic hydroxyl groups excluding tert-OH is 1. The second-order valence-electron chi connectivity index (χ2n) is 4.23. The van der Waals surface area contributed by atoms with E-state index in [2.05, 4.69) is 20.8 Å². The molecule has 106 valence electrons. The average Bonchev–Trinajstić information content (AvgIpc) is 2.86. The summed E-state index contributed by atoms with van der Waals surface area (Å²) in [7, 11) is 0. The number of benzene rings is 1. The van der Waals surface area contributed by atoms with Gasteiger partial charge < -0.3 is 10.4 Å². The molecule has 1 aromatic carbocycles. The fourth-order valence-corrected chi connectivity index (χ4v) is 2.23. The Morgan fingerprint density at radius 3 is 2.55 bits per heavy atom. The molecule has 0 aliphatic carbocycles. The summed E-state index contributed by atoms with van der Waals surface area (Å²) >= 11 is 1.35. The van der Waals surface area contributed by atoms with Crippen molar-refractivity contribution in [2.75, 3.05) is 10.6 Å². The van der Waals surface area contributed by atoms with Crippen LogP contribution < -0.4 is 10.6 Å². The third-order valence-corrected chi connectivity index (χ3v) is 3.62. The van der Waals surface area contributed by atoms with E-state index < -0.39 is 6.10 Å². The van der Waals surface area contributed by atoms with Crippen molar-refractivity contribution >= 4 is 28.2 Å². The summed E-state index contributed by atoms with van der Waals surface area (Å²) in [6.45, 7) is 3.67. The van der Waals surface area contributed by atoms with Crippen LogP contribution in [0.25, 0.3) is 0 Å². The largest absolute Gasteiger partial charge is 0.389 e. The monoisotopic (exact) mass is 292 g/mol. The zero-order valence-electron chi connectivity index (χ0n) is 11.3. The summed E-state index contributed by atoms with van der Waals surface area (Å²) in [4.78, 5) is 11.8. The highest BCUT2D eigenvalue weighted by atomic mass is 32.1. The van der Waals surface area contributed by atoms with Crippen LogP contribution in [0.4, 0.5) is 15.6 Å². The quantitative estimate of drug-likeness (QED) is 0.808. The standard InChI is InChI=1S/C13H16N4O2S/c1-3-11-16-17-13(20-11)15-12(19)14-10-6-4-9(5-7-10)8(2)18/h4-8,18H,3H2,1-2H3,(H2,14,15,17,19). The van der Waals surface area contributed by atoms with Gasteiger partial charge in [-0.1, -0.05) is 30.4 Å². The molecule has 1 unspecified atom stereocenters. The van der Waals surface area contributed by atoms with Crippen LogP contribution in [-0.2, 0) is 6.42 Å². The molecule has 3 N–H and O–H groups in total. The molecule has 1 heterocycles. The topological polar surface area (TPSA) is 87.1 Å². The second kappa shape index (κ2) is 6.44. The lowest BCUT2D eigenvalue weighted by atomic mass is 10.1. The Kier molecular flexibility index (Phi) is 4.65. The molecule has 0 fully saturated rings. The maximum atomic E-state index is 11.8. The maximum Gasteiger partial charge on any atom is 0.325 e. The lowest BCUT2D eigenvalue weighted by Gasteiger charge is -2.07. The zero-order valence-corrected chi connectivity index (χ0v) is 12.1. The molecule has 20 heavy (non-hydrogen) atoms. The molecule has 1 aromatic heterocycles. The van der Waals surface area contributed by atoms with Crippen LogP contribution in [0.3, 0.4) is 0 Å². The molecule has 0 aliphatic heterocycles. The molecule has 6 nitrogen and oxygen atoms in total. The number of nitrogens with one attached hydrogen (secondary N) is 2. The Labute approximate surface area is 120 Å². The summed E-state index contributed by atoms with van der Waals surface area (Å²) in [6.07, 6.45) is 0.272. The fraction of sp³-hybridized carbons (Fsp3) is 0.308. The van der Waals surface area contributed by atoms with Crippen molar-refractivity contribution in [1.29, 1.82) is 0 Å². The third-order valence-electron chi connectivity index (χ3n) is 2.64. The van der Waals surface area contributed by atoms with Crippen molar-refractivity contribution in [2.45, 2.75) is 26.4 Å². The first-order chi connectivity index (χ1) is 9.58. The molecule has 0 bridgehead atoms. The van der Waals surface area contributed by atoms with E-state index in [1.165, 1.54) is 11.3 Å². The molecule has 0 saturated heterocycles. The first kappa shape index (κ1) is 14.4. The Balaban J connectivity index is 1.93. The highest BCUT2D eigenvalue weighted by Crippen LogP contribution is 2.17. The van der Waals surface area contributed by atoms with E-state index >= 15 is 0 Å². The molecule has 0 saturated carbocycles. The lowest BCUT2D eigenvalue weighted by Crippen LogP contribution is -2.19. The van der Waals surface area contributed by atoms with Gasteiger partial charge in [0.05, 0.1) is 6.10 Å². The fourth-order valence-electron chi connectivity index (χ4n) is 1.55. The van der Waals surface area contributed by atoms with Crippen molar-refractivity contribution in [3.63, 3.8) is 0 Å². The first-order valence-electron chi connectivity index (χ1n) is 6.27. The zero-order chi connectivity index (χ0) is 14.5. The van der Waals surface area contributed by atoms with Crippen LogP contribution in [0.1, 0.15) is 30.5 Å². The van der Waals surface area contributed by atoms with Gasteiger partial charge in [-0.25, -0.2) is 4.79 Å². The molecular formula is C13H16N4O2S. The number of rotatable bonds is 4. The molecular weight excluding hydrogens is 276 g/mol. The number of urea groups is 1. The second-order valence-corrected chi connectivity index (χ2v) is 5.29. The smallest absolute Gasteiger partial charge is 0.325 e. The number of amides is 2. The number of aromatic nitrogens is 2. The normalized spacial score (nSPS) is 11.9. The average molecular weight is 292 g/mol. The first-order valence-corrected chi connectivity index (χ1v) is 7.08. The Bertz CT molecular complexity index is 580. The van der Waals surface area contributed by atoms with Gasteiger partial charge in [0, 0.05) is 5.69 Å². The van der Waals surface area contributed by atoms with Gasteiger partial charge in [0.25, 0.3) is 0 Å². The van der Waals surface area contributed by atoms with Crippen molar-refractivity contribution in [3.05, 3.63) is 34.8 Å². The number of carbonyl (C=O) groups is 1. The van der Waals surface area contributed by atoms with Gasteiger partial charge in [-0.2, -0.15) is 0 Å². The predicted octanol–water partition coefficient (Wildman–Crippen LogP) is 2.80. The Morgan fingerprint density at radius 1 is 1.30 bits per heavy atom. The van der Waals surface area contributed by atoms with Gasteiger partial charge in [0.2, 0.25) is 5.13 Å². The number of aliphatic hydroxyl groups is 1. The molecule has 0 aliphatic rings. The summed E-state index contributed by atoms with van der Waals surface area (Å²) in [5, 5.41) is 23.9. The van der Waals surface area contributed by atoms with Crippen LogP contribution in [0.15, 0.2) is 24.3 Å². The summed E-state index contributed by atoms with van der Waals surface area (Å²) in [5.41, 5.74) is 1.44. The SMILES string of the molecule is CCc1nnc(NC(=O)Nc2ccc(C(C)O)cc2)s1. The van der Waals surface area contributed by atoms with Crippen LogP contribution in [0.5, 0.6) is 0 Å². The van der Waals surface area contributed by atoms with Gasteiger partial charge >= 0.3 is 6.03 Å². The number of anilines is 2. The minimum absolute atomic E-state index is 0.367. The van der Waals surface area contributed by atoms with Gasteiger partial charge in [-0.15, -0.1) is 10.2 Å². The predicted molar refractivity (Wildman–Crippen MR) is 79.0 cm³/mol. The van der Waals surface area contributed by atoms with E-state index in [-0.39, 0.29) is 6.03 Å². The molecule has 0 spiro atoms. The summed E-state index contributed by atoms with van der Waals surface area (Å²) < 4.78 is 0. The molecule has 2 amide bonds. The molecule has 2 rings (SSSR count). The Morgan fingerprint density at radius 2 is 2.00 bits per heavy atom. The van der Waals surface area contributed by atoms with Crippen LogP contribution in [-0.4, -0.2) is 21.3 Å². The van der Waals surface area contributed by atoms with Gasteiger partial charge in [0.1, 0.15) is 5.01 Å². The number of hydrogen-bond donors (Lipinski definition) is 3. The highest BCUT2D eigenvalue weighted by molar-refractivity contribution is 7.15. The van der Waals surface area contributed by atoms with E-state index in [0.717, 1.165) is 17.0 Å². The van der Waals surface area contributed by atoms with Crippen LogP contribution in [0.2, 0.25) is 0 Å². The summed E-state index contributed by atoms with van der Waals surface area (Å²) in [5.74, 6) is 0. The Hall–Kier alpha value is -1.99. The number of hydrogen-bond acceptors (Lipinski definition) is 5. The highest BCUT2D eigenvalue weighted by Gasteiger charge is 2.07. The van der Waals surface area contributed by atoms with Crippen molar-refractivity contribution in [3.8, 4) is 0 Å². The minimum atomic E-state index is -0.522. The van der Waals surface area contributed by atoms with E-state index in [0.29, 0.717) is 10.8 Å². The van der Waals surface area contributed by atoms with E-state index in [1.807, 2.05) is 6.92 Å². The summed E-state index contributed by atoms with van der Waals surface area (Å²) in [6, 6.07) is 6.63. The van der Waals surface area contributed by atoms with Crippen molar-refractivity contribution in [2.24, 2.45) is 0 Å². The van der Waals surface area contributed by atoms with Gasteiger partial charge in [-0.3, -0.25) is 5.32 Å². The number of nitrogens with zero attached hydrogens (tertiary/aromatic N) is 2. The number of aryl methyl sites for hydroxylation is 1. The molecule has 7 heteroatoms. The van der Waals surface area contributed by atoms with Gasteiger partial charge in [0.15, 0.2) is 0 Å². The van der Waals surface area contributed by atoms with Crippen molar-refractivity contribution < 1.29 is 9.90 Å². The number of carbonyl (C=O) groups excluding carboxylic acids is 1. The van der Waals surface area contributed by atoms with Crippen LogP contribution >= 0.6 is 11.3 Å². The van der Waals surface area contributed by atoms with Crippen molar-refractivity contribution in [1.82, 2.24) is 10.2 Å². The minimum Gasteiger partial charge on any atom is -0.389 e. The van der Waals surface area contributed by atoms with E-state index in [1.54, 1.807) is 31.2 Å². The van der Waals surface area contributed by atoms with Gasteiger partial charge in [-0.05, 0) is 31.0 Å². The molecule has 2 aromatic rings. The van der Waals surface area contributed by atoms with E-state index in [4.69, 9.17) is 0 Å². The lowest BCUT2D eigenvalue weighted by molar-refractivity contribution is 0.199. The molecule has 1 atom stereocenters. The van der Waals surface area contributed by atoms with Crippen LogP contribution in [0, 0.1) is 0 Å². The molecule has 0 radical (unpaired) electrons. The maximum absolute atomic E-state index is 11.8. The van der Waals surface area contributed by atoms with E-state index in [9.17, 15) is 9.90 Å². The third kappa shape index (κ3) is 3.75.